The van der Waals surface area contributed by atoms with E-state index in [2.05, 4.69) is 4.74 Å². The number of ether oxygens (including phenoxy) is 2. The summed E-state index contributed by atoms with van der Waals surface area (Å²) in [5.41, 5.74) is 0. The van der Waals surface area contributed by atoms with Crippen LogP contribution in [0.1, 0.15) is 20.3 Å². The van der Waals surface area contributed by atoms with Crippen LogP contribution in [0.3, 0.4) is 0 Å². The average molecular weight is 254 g/mol. The highest BCUT2D eigenvalue weighted by atomic mass is 31.2. The van der Waals surface area contributed by atoms with Crippen molar-refractivity contribution in [1.29, 1.82) is 0 Å². The highest BCUT2D eigenvalue weighted by Crippen LogP contribution is 2.35. The molecule has 0 radical (unpaired) electrons. The Labute approximate surface area is 92.9 Å². The van der Waals surface area contributed by atoms with Crippen molar-refractivity contribution in [2.24, 2.45) is 0 Å². The van der Waals surface area contributed by atoms with E-state index in [9.17, 15) is 14.2 Å². The molecule has 0 saturated heterocycles. The maximum atomic E-state index is 10.7. The van der Waals surface area contributed by atoms with Crippen molar-refractivity contribution in [1.82, 2.24) is 0 Å². The minimum absolute atomic E-state index is 0.0584. The maximum Gasteiger partial charge on any atom is 0.325 e. The summed E-state index contributed by atoms with van der Waals surface area (Å²) in [7, 11) is -4.14. The van der Waals surface area contributed by atoms with Crippen molar-refractivity contribution in [2.45, 2.75) is 26.4 Å². The third-order valence-electron chi connectivity index (χ3n) is 1.55. The summed E-state index contributed by atoms with van der Waals surface area (Å²) in [5, 5.41) is 0. The van der Waals surface area contributed by atoms with Crippen molar-refractivity contribution in [3.05, 3.63) is 0 Å². The van der Waals surface area contributed by atoms with Crippen LogP contribution >= 0.6 is 7.60 Å². The zero-order valence-electron chi connectivity index (χ0n) is 9.08. The molecule has 0 spiro atoms. The fourth-order valence-electron chi connectivity index (χ4n) is 0.933. The van der Waals surface area contributed by atoms with E-state index in [0.29, 0.717) is 0 Å². The molecule has 16 heavy (non-hydrogen) atoms. The molecule has 8 heteroatoms. The van der Waals surface area contributed by atoms with Gasteiger partial charge in [-0.1, -0.05) is 0 Å². The molecule has 7 nitrogen and oxygen atoms in total. The quantitative estimate of drug-likeness (QED) is 0.509. The van der Waals surface area contributed by atoms with Crippen molar-refractivity contribution in [3.63, 3.8) is 0 Å². The lowest BCUT2D eigenvalue weighted by molar-refractivity contribution is -0.156. The first-order chi connectivity index (χ1) is 7.20. The number of carbonyl (C=O) groups is 2. The molecule has 0 amide bonds. The molecular formula is C8H15O7P. The fraction of sp³-hybridized carbons (Fsp3) is 0.750. The Hall–Kier alpha value is -0.910. The second-order valence-corrected chi connectivity index (χ2v) is 4.99. The maximum absolute atomic E-state index is 10.7. The van der Waals surface area contributed by atoms with Gasteiger partial charge in [0.1, 0.15) is 12.7 Å². The molecule has 0 aliphatic heterocycles. The van der Waals surface area contributed by atoms with E-state index in [0.717, 1.165) is 6.92 Å². The smallest absolute Gasteiger partial charge is 0.325 e. The lowest BCUT2D eigenvalue weighted by atomic mass is 10.3. The van der Waals surface area contributed by atoms with Crippen LogP contribution in [0.5, 0.6) is 0 Å². The molecule has 0 aromatic rings. The highest BCUT2D eigenvalue weighted by molar-refractivity contribution is 7.51. The Balaban J connectivity index is 4.15. The van der Waals surface area contributed by atoms with Gasteiger partial charge in [-0.25, -0.2) is 0 Å². The summed E-state index contributed by atoms with van der Waals surface area (Å²) in [6, 6.07) is 0. The van der Waals surface area contributed by atoms with Crippen molar-refractivity contribution in [3.8, 4) is 0 Å². The second kappa shape index (κ2) is 6.62. The summed E-state index contributed by atoms with van der Waals surface area (Å²) in [6.45, 7) is 2.15. The average Bonchev–Trinajstić information content (AvgIpc) is 2.07. The summed E-state index contributed by atoms with van der Waals surface area (Å²) in [4.78, 5) is 38.5. The Morgan fingerprint density at radius 3 is 2.19 bits per heavy atom. The van der Waals surface area contributed by atoms with Gasteiger partial charge >= 0.3 is 19.5 Å². The molecule has 0 saturated carbocycles. The summed E-state index contributed by atoms with van der Waals surface area (Å²) in [6.07, 6.45) is -1.31. The van der Waals surface area contributed by atoms with Crippen LogP contribution in [-0.2, 0) is 23.6 Å². The molecule has 0 fully saturated rings. The van der Waals surface area contributed by atoms with Crippen LogP contribution in [0.2, 0.25) is 0 Å². The van der Waals surface area contributed by atoms with E-state index in [-0.39, 0.29) is 13.0 Å². The summed E-state index contributed by atoms with van der Waals surface area (Å²) in [5.74, 6) is -1.14. The molecule has 0 bridgehead atoms. The number of hydrogen-bond donors (Lipinski definition) is 2. The third-order valence-corrected chi connectivity index (χ3v) is 2.39. The predicted molar refractivity (Wildman–Crippen MR) is 53.7 cm³/mol. The summed E-state index contributed by atoms with van der Waals surface area (Å²) >= 11 is 0. The van der Waals surface area contributed by atoms with Gasteiger partial charge in [0.05, 0.1) is 6.16 Å². The fourth-order valence-corrected chi connectivity index (χ4v) is 1.56. The second-order valence-electron chi connectivity index (χ2n) is 3.21. The van der Waals surface area contributed by atoms with E-state index in [1.54, 1.807) is 0 Å². The molecule has 0 aliphatic rings. The Morgan fingerprint density at radius 1 is 1.25 bits per heavy atom. The van der Waals surface area contributed by atoms with Gasteiger partial charge in [-0.3, -0.25) is 14.2 Å². The monoisotopic (exact) mass is 254 g/mol. The van der Waals surface area contributed by atoms with Gasteiger partial charge in [0.25, 0.3) is 0 Å². The third kappa shape index (κ3) is 9.64. The molecule has 0 aliphatic carbocycles. The molecule has 0 aromatic heterocycles. The van der Waals surface area contributed by atoms with Gasteiger partial charge in [-0.05, 0) is 6.42 Å². The minimum atomic E-state index is -4.14. The number of hydrogen-bond acceptors (Lipinski definition) is 5. The van der Waals surface area contributed by atoms with Crippen molar-refractivity contribution >= 4 is 19.5 Å². The molecule has 2 N–H and O–H groups in total. The Kier molecular flexibility index (Phi) is 6.25. The van der Waals surface area contributed by atoms with E-state index in [1.165, 1.54) is 6.92 Å². The van der Waals surface area contributed by atoms with Crippen LogP contribution in [0.15, 0.2) is 0 Å². The first kappa shape index (κ1) is 15.1. The predicted octanol–water partition coefficient (Wildman–Crippen LogP) is 0.0490. The number of carbonyl (C=O) groups excluding carboxylic acids is 2. The lowest BCUT2D eigenvalue weighted by Crippen LogP contribution is -2.24. The van der Waals surface area contributed by atoms with Crippen LogP contribution in [-0.4, -0.2) is 40.6 Å². The highest BCUT2D eigenvalue weighted by Gasteiger charge is 2.20. The number of rotatable bonds is 6. The largest absolute Gasteiger partial charge is 0.462 e. The zero-order chi connectivity index (χ0) is 12.8. The van der Waals surface area contributed by atoms with E-state index >= 15 is 0 Å². The molecule has 0 aromatic carbocycles. The first-order valence-corrected chi connectivity index (χ1v) is 6.35. The zero-order valence-corrected chi connectivity index (χ0v) is 9.98. The van der Waals surface area contributed by atoms with E-state index in [4.69, 9.17) is 14.5 Å². The Morgan fingerprint density at radius 2 is 1.81 bits per heavy atom. The van der Waals surface area contributed by atoms with Crippen molar-refractivity contribution < 1.29 is 33.4 Å². The summed E-state index contributed by atoms with van der Waals surface area (Å²) < 4.78 is 19.9. The van der Waals surface area contributed by atoms with Crippen LogP contribution < -0.4 is 0 Å². The van der Waals surface area contributed by atoms with Gasteiger partial charge in [0, 0.05) is 13.8 Å². The van der Waals surface area contributed by atoms with Gasteiger partial charge < -0.3 is 19.3 Å². The molecule has 0 rings (SSSR count). The van der Waals surface area contributed by atoms with E-state index < -0.39 is 31.8 Å². The topological polar surface area (TPSA) is 110 Å². The van der Waals surface area contributed by atoms with Gasteiger partial charge in [-0.2, -0.15) is 0 Å². The van der Waals surface area contributed by atoms with Crippen LogP contribution in [0.25, 0.3) is 0 Å². The van der Waals surface area contributed by atoms with Crippen LogP contribution in [0, 0.1) is 0 Å². The molecule has 0 heterocycles. The lowest BCUT2D eigenvalue weighted by Gasteiger charge is -2.16. The Bertz CT molecular complexity index is 295. The SMILES string of the molecule is CC(=O)OCC(CCP(=O)(O)O)OC(C)=O. The van der Waals surface area contributed by atoms with E-state index in [1.807, 2.05) is 0 Å². The van der Waals surface area contributed by atoms with Crippen molar-refractivity contribution in [2.75, 3.05) is 12.8 Å². The van der Waals surface area contributed by atoms with Gasteiger partial charge in [0.2, 0.25) is 0 Å². The van der Waals surface area contributed by atoms with Gasteiger partial charge in [0.15, 0.2) is 0 Å². The normalized spacial score (nSPS) is 13.0. The molecule has 1 atom stereocenters. The molecular weight excluding hydrogens is 239 g/mol. The first-order valence-electron chi connectivity index (χ1n) is 4.56. The van der Waals surface area contributed by atoms with Crippen LogP contribution in [0.4, 0.5) is 0 Å². The minimum Gasteiger partial charge on any atom is -0.462 e. The van der Waals surface area contributed by atoms with Gasteiger partial charge in [-0.15, -0.1) is 0 Å². The molecule has 94 valence electrons. The number of esters is 2. The molecule has 1 unspecified atom stereocenters. The standard InChI is InChI=1S/C8H15O7P/c1-6(9)14-5-8(15-7(2)10)3-4-16(11,12)13/h8H,3-5H2,1-2H3,(H2,11,12,13).